The number of methoxy groups -OCH3 is 2. The van der Waals surface area contributed by atoms with Crippen LogP contribution in [0, 0.1) is 0 Å². The first-order chi connectivity index (χ1) is 11.5. The molecule has 1 aromatic heterocycles. The Morgan fingerprint density at radius 3 is 2.92 bits per heavy atom. The van der Waals surface area contributed by atoms with Gasteiger partial charge in [-0.25, -0.2) is 4.98 Å². The number of hydrogen-bond donors (Lipinski definition) is 2. The molecule has 1 heterocycles. The summed E-state index contributed by atoms with van der Waals surface area (Å²) in [6.07, 6.45) is 1.57. The molecular formula is C16H19ClN4O2S. The van der Waals surface area contributed by atoms with Crippen LogP contribution in [-0.4, -0.2) is 43.2 Å². The maximum absolute atomic E-state index is 6.19. The number of thiocarbonyl (C=S) groups is 1. The molecule has 2 N–H and O–H groups in total. The van der Waals surface area contributed by atoms with Gasteiger partial charge in [-0.05, 0) is 43.4 Å². The highest BCUT2D eigenvalue weighted by Crippen LogP contribution is 2.23. The molecule has 0 aliphatic heterocycles. The molecule has 0 aliphatic carbocycles. The van der Waals surface area contributed by atoms with Gasteiger partial charge in [0.1, 0.15) is 10.9 Å². The van der Waals surface area contributed by atoms with Crippen molar-refractivity contribution in [3.05, 3.63) is 35.0 Å². The van der Waals surface area contributed by atoms with Crippen LogP contribution in [0.3, 0.4) is 0 Å². The van der Waals surface area contributed by atoms with Gasteiger partial charge in [0.25, 0.3) is 0 Å². The monoisotopic (exact) mass is 366 g/mol. The highest BCUT2D eigenvalue weighted by molar-refractivity contribution is 7.80. The predicted octanol–water partition coefficient (Wildman–Crippen LogP) is 2.73. The minimum atomic E-state index is 0.0867. The predicted molar refractivity (Wildman–Crippen MR) is 101 cm³/mol. The van der Waals surface area contributed by atoms with Crippen molar-refractivity contribution in [2.45, 2.75) is 13.0 Å². The molecule has 128 valence electrons. The summed E-state index contributed by atoms with van der Waals surface area (Å²) in [5.74, 6) is 0.755. The Kier molecular flexibility index (Phi) is 6.72. The minimum Gasteiger partial charge on any atom is -0.497 e. The SMILES string of the molecule is COC[C@@H](C)NC(=S)N/N=C\c1cc2cc(OC)ccc2nc1Cl. The quantitative estimate of drug-likeness (QED) is 0.354. The Hall–Kier alpha value is -1.96. The van der Waals surface area contributed by atoms with Crippen molar-refractivity contribution in [2.75, 3.05) is 20.8 Å². The highest BCUT2D eigenvalue weighted by Gasteiger charge is 2.05. The van der Waals surface area contributed by atoms with Crippen molar-refractivity contribution in [1.29, 1.82) is 0 Å². The van der Waals surface area contributed by atoms with E-state index in [1.165, 1.54) is 0 Å². The van der Waals surface area contributed by atoms with Crippen LogP contribution < -0.4 is 15.5 Å². The van der Waals surface area contributed by atoms with E-state index in [0.717, 1.165) is 16.7 Å². The Balaban J connectivity index is 2.08. The van der Waals surface area contributed by atoms with E-state index in [9.17, 15) is 0 Å². The van der Waals surface area contributed by atoms with E-state index in [1.54, 1.807) is 20.4 Å². The third-order valence-electron chi connectivity index (χ3n) is 3.17. The van der Waals surface area contributed by atoms with Crippen molar-refractivity contribution in [1.82, 2.24) is 15.7 Å². The topological polar surface area (TPSA) is 67.8 Å². The first kappa shape index (κ1) is 18.4. The van der Waals surface area contributed by atoms with Crippen molar-refractivity contribution < 1.29 is 9.47 Å². The summed E-state index contributed by atoms with van der Waals surface area (Å²) in [5.41, 5.74) is 4.21. The van der Waals surface area contributed by atoms with E-state index in [-0.39, 0.29) is 6.04 Å². The second-order valence-corrected chi connectivity index (χ2v) is 5.89. The normalized spacial score (nSPS) is 12.3. The van der Waals surface area contributed by atoms with Crippen LogP contribution in [0.25, 0.3) is 10.9 Å². The molecule has 0 saturated carbocycles. The van der Waals surface area contributed by atoms with Crippen LogP contribution in [0.5, 0.6) is 5.75 Å². The molecule has 0 radical (unpaired) electrons. The molecule has 2 aromatic rings. The molecule has 0 aliphatic rings. The van der Waals surface area contributed by atoms with Gasteiger partial charge in [-0.1, -0.05) is 11.6 Å². The first-order valence-electron chi connectivity index (χ1n) is 7.26. The molecular weight excluding hydrogens is 348 g/mol. The summed E-state index contributed by atoms with van der Waals surface area (Å²) in [7, 11) is 3.26. The van der Waals surface area contributed by atoms with Gasteiger partial charge < -0.3 is 14.8 Å². The van der Waals surface area contributed by atoms with Crippen molar-refractivity contribution in [3.8, 4) is 5.75 Å². The fraction of sp³-hybridized carbons (Fsp3) is 0.312. The number of nitrogens with one attached hydrogen (secondary N) is 2. The number of rotatable bonds is 6. The average molecular weight is 367 g/mol. The zero-order valence-corrected chi connectivity index (χ0v) is 15.2. The van der Waals surface area contributed by atoms with Crippen LogP contribution in [0.15, 0.2) is 29.4 Å². The molecule has 1 aromatic carbocycles. The second kappa shape index (κ2) is 8.77. The van der Waals surface area contributed by atoms with E-state index in [4.69, 9.17) is 33.3 Å². The summed E-state index contributed by atoms with van der Waals surface area (Å²) < 4.78 is 10.2. The van der Waals surface area contributed by atoms with E-state index in [0.29, 0.717) is 22.4 Å². The zero-order chi connectivity index (χ0) is 17.5. The van der Waals surface area contributed by atoms with Gasteiger partial charge in [0.2, 0.25) is 0 Å². The van der Waals surface area contributed by atoms with Crippen LogP contribution in [0.4, 0.5) is 0 Å². The second-order valence-electron chi connectivity index (χ2n) is 5.13. The Morgan fingerprint density at radius 1 is 1.42 bits per heavy atom. The fourth-order valence-electron chi connectivity index (χ4n) is 2.07. The molecule has 8 heteroatoms. The molecule has 1 atom stereocenters. The molecule has 6 nitrogen and oxygen atoms in total. The first-order valence-corrected chi connectivity index (χ1v) is 8.05. The van der Waals surface area contributed by atoms with Gasteiger partial charge >= 0.3 is 0 Å². The van der Waals surface area contributed by atoms with Crippen LogP contribution in [0.2, 0.25) is 5.15 Å². The smallest absolute Gasteiger partial charge is 0.187 e. The van der Waals surface area contributed by atoms with E-state index < -0.39 is 0 Å². The lowest BCUT2D eigenvalue weighted by Crippen LogP contribution is -2.40. The zero-order valence-electron chi connectivity index (χ0n) is 13.7. The van der Waals surface area contributed by atoms with Gasteiger partial charge in [-0.3, -0.25) is 5.43 Å². The van der Waals surface area contributed by atoms with Crippen LogP contribution in [-0.2, 0) is 4.74 Å². The summed E-state index contributed by atoms with van der Waals surface area (Å²) in [4.78, 5) is 4.35. The number of ether oxygens (including phenoxy) is 2. The van der Waals surface area contributed by atoms with Crippen molar-refractivity contribution >= 4 is 46.0 Å². The summed E-state index contributed by atoms with van der Waals surface area (Å²) in [6.45, 7) is 2.51. The van der Waals surface area contributed by atoms with Gasteiger partial charge in [0.15, 0.2) is 5.11 Å². The largest absolute Gasteiger partial charge is 0.497 e. The third kappa shape index (κ3) is 5.02. The van der Waals surface area contributed by atoms with E-state index in [1.807, 2.05) is 31.2 Å². The van der Waals surface area contributed by atoms with Crippen LogP contribution >= 0.6 is 23.8 Å². The van der Waals surface area contributed by atoms with Gasteiger partial charge in [0.05, 0.1) is 25.4 Å². The summed E-state index contributed by atoms with van der Waals surface area (Å²) >= 11 is 11.3. The molecule has 0 fully saturated rings. The number of benzene rings is 1. The summed E-state index contributed by atoms with van der Waals surface area (Å²) in [6, 6.07) is 7.56. The molecule has 0 bridgehead atoms. The Labute approximate surface area is 151 Å². The minimum absolute atomic E-state index is 0.0867. The number of hydrazone groups is 1. The lowest BCUT2D eigenvalue weighted by Gasteiger charge is -2.13. The number of hydrogen-bond acceptors (Lipinski definition) is 5. The van der Waals surface area contributed by atoms with Gasteiger partial charge in [-0.2, -0.15) is 5.10 Å². The van der Waals surface area contributed by atoms with E-state index >= 15 is 0 Å². The molecule has 0 amide bonds. The van der Waals surface area contributed by atoms with Crippen molar-refractivity contribution in [2.24, 2.45) is 5.10 Å². The standard InChI is InChI=1S/C16H19ClN4O2S/c1-10(9-22-2)19-16(24)21-18-8-12-6-11-7-13(23-3)4-5-14(11)20-15(12)17/h4-8,10H,9H2,1-3H3,(H2,19,21,24)/b18-8-/t10-/m1/s1. The average Bonchev–Trinajstić information content (AvgIpc) is 2.55. The molecule has 24 heavy (non-hydrogen) atoms. The number of nitrogens with zero attached hydrogens (tertiary/aromatic N) is 2. The number of pyridine rings is 1. The molecule has 2 rings (SSSR count). The maximum Gasteiger partial charge on any atom is 0.187 e. The molecule has 0 saturated heterocycles. The van der Waals surface area contributed by atoms with E-state index in [2.05, 4.69) is 20.8 Å². The van der Waals surface area contributed by atoms with Crippen molar-refractivity contribution in [3.63, 3.8) is 0 Å². The maximum atomic E-state index is 6.19. The summed E-state index contributed by atoms with van der Waals surface area (Å²) in [5, 5.41) is 8.81. The lowest BCUT2D eigenvalue weighted by atomic mass is 10.1. The van der Waals surface area contributed by atoms with Crippen LogP contribution in [0.1, 0.15) is 12.5 Å². The number of halogens is 1. The van der Waals surface area contributed by atoms with Gasteiger partial charge in [-0.15, -0.1) is 0 Å². The van der Waals surface area contributed by atoms with Gasteiger partial charge in [0, 0.05) is 24.1 Å². The Morgan fingerprint density at radius 2 is 2.21 bits per heavy atom. The number of aromatic nitrogens is 1. The highest BCUT2D eigenvalue weighted by atomic mass is 35.5. The molecule has 0 unspecified atom stereocenters. The molecule has 0 spiro atoms. The Bertz CT molecular complexity index is 754. The lowest BCUT2D eigenvalue weighted by molar-refractivity contribution is 0.179. The third-order valence-corrected chi connectivity index (χ3v) is 3.68. The number of fused-ring (bicyclic) bond motifs is 1. The fourth-order valence-corrected chi connectivity index (χ4v) is 2.52.